The summed E-state index contributed by atoms with van der Waals surface area (Å²) in [5, 5.41) is 37.2. The second-order valence-corrected chi connectivity index (χ2v) is 12.9. The third kappa shape index (κ3) is 7.18. The molecule has 10 nitrogen and oxygen atoms in total. The molecule has 0 aliphatic heterocycles. The summed E-state index contributed by atoms with van der Waals surface area (Å²) in [5.74, 6) is -1.38. The van der Waals surface area contributed by atoms with Gasteiger partial charge in [0.1, 0.15) is 0 Å². The molecule has 4 aromatic rings. The molecule has 0 aliphatic carbocycles. The highest BCUT2D eigenvalue weighted by atomic mass is 32.2. The van der Waals surface area contributed by atoms with Crippen LogP contribution in [0.1, 0.15) is 29.8 Å². The first-order valence-corrected chi connectivity index (χ1v) is 14.7. The molecule has 4 rings (SSSR count). The maximum atomic E-state index is 13.6. The van der Waals surface area contributed by atoms with Crippen molar-refractivity contribution in [1.82, 2.24) is 9.62 Å². The predicted octanol–water partition coefficient (Wildman–Crippen LogP) is 4.71. The van der Waals surface area contributed by atoms with Crippen molar-refractivity contribution in [3.63, 3.8) is 0 Å². The van der Waals surface area contributed by atoms with Crippen LogP contribution >= 0.6 is 0 Å². The molecule has 0 radical (unpaired) electrons. The zero-order valence-corrected chi connectivity index (χ0v) is 24.3. The van der Waals surface area contributed by atoms with Gasteiger partial charge in [0.25, 0.3) is 5.69 Å². The Labute approximate surface area is 244 Å². The van der Waals surface area contributed by atoms with Crippen molar-refractivity contribution in [3.8, 4) is 11.1 Å². The number of nitrogens with one attached hydrogen (secondary N) is 1. The van der Waals surface area contributed by atoms with Gasteiger partial charge in [-0.15, -0.1) is 0 Å². The number of carbonyl (C=O) groups is 1. The van der Waals surface area contributed by atoms with Crippen LogP contribution in [0.25, 0.3) is 21.9 Å². The van der Waals surface area contributed by atoms with E-state index < -0.39 is 38.2 Å². The Kier molecular flexibility index (Phi) is 9.07. The van der Waals surface area contributed by atoms with E-state index in [4.69, 9.17) is 0 Å². The van der Waals surface area contributed by atoms with Crippen LogP contribution in [0.2, 0.25) is 0 Å². The normalized spacial score (nSPS) is 12.9. The van der Waals surface area contributed by atoms with Crippen LogP contribution < -0.4 is 5.32 Å². The van der Waals surface area contributed by atoms with Crippen LogP contribution in [0.5, 0.6) is 0 Å². The number of fused-ring (bicyclic) bond motifs is 1. The number of nitrogens with zero attached hydrogens (tertiary/aromatic N) is 2. The number of nitro groups is 1. The number of aliphatic hydroxyl groups excluding tert-OH is 1. The van der Waals surface area contributed by atoms with Crippen molar-refractivity contribution in [1.29, 1.82) is 0 Å². The molecule has 1 unspecified atom stereocenters. The third-order valence-electron chi connectivity index (χ3n) is 7.01. The van der Waals surface area contributed by atoms with Gasteiger partial charge in [0, 0.05) is 43.4 Å². The number of carboxylic acids is 1. The largest absolute Gasteiger partial charge is 0.478 e. The summed E-state index contributed by atoms with van der Waals surface area (Å²) in [4.78, 5) is 22.1. The minimum atomic E-state index is -4.17. The van der Waals surface area contributed by atoms with Crippen LogP contribution in [0, 0.1) is 10.1 Å². The second-order valence-electron chi connectivity index (χ2n) is 10.9. The minimum Gasteiger partial charge on any atom is -0.478 e. The first-order valence-electron chi connectivity index (χ1n) is 13.3. The predicted molar refractivity (Wildman–Crippen MR) is 161 cm³/mol. The monoisotopic (exact) mass is 591 g/mol. The zero-order chi connectivity index (χ0) is 30.7. The van der Waals surface area contributed by atoms with E-state index in [1.165, 1.54) is 31.3 Å². The molecule has 11 heteroatoms. The van der Waals surface area contributed by atoms with E-state index in [1.54, 1.807) is 6.07 Å². The van der Waals surface area contributed by atoms with Gasteiger partial charge in [-0.3, -0.25) is 10.1 Å². The zero-order valence-electron chi connectivity index (χ0n) is 23.5. The lowest BCUT2D eigenvalue weighted by Crippen LogP contribution is -2.47. The molecule has 42 heavy (non-hydrogen) atoms. The maximum Gasteiger partial charge on any atom is 0.335 e. The molecule has 0 spiro atoms. The van der Waals surface area contributed by atoms with Crippen LogP contribution in [0.4, 0.5) is 5.69 Å². The number of nitro benzene ring substituents is 1. The number of aromatic carboxylic acids is 1. The Morgan fingerprint density at radius 3 is 2.36 bits per heavy atom. The van der Waals surface area contributed by atoms with Gasteiger partial charge < -0.3 is 15.5 Å². The summed E-state index contributed by atoms with van der Waals surface area (Å²) in [6.07, 6.45) is -0.350. The van der Waals surface area contributed by atoms with Crippen molar-refractivity contribution >= 4 is 32.5 Å². The number of hydrogen-bond acceptors (Lipinski definition) is 7. The smallest absolute Gasteiger partial charge is 0.335 e. The number of carboxylic acid groups (broad SMARTS) is 1. The summed E-state index contributed by atoms with van der Waals surface area (Å²) >= 11 is 0. The van der Waals surface area contributed by atoms with Gasteiger partial charge in [0.2, 0.25) is 10.0 Å². The molecule has 0 bridgehead atoms. The molecule has 0 saturated heterocycles. The number of likely N-dealkylation sites (N-methyl/N-ethyl adjacent to an activating group) is 1. The Balaban J connectivity index is 1.48. The number of β-amino-alcohol motifs (C(OH)–C–C–N with tert-alkyl or cyclic N) is 1. The average molecular weight is 592 g/mol. The van der Waals surface area contributed by atoms with E-state index in [9.17, 15) is 33.5 Å². The number of sulfonamides is 1. The summed E-state index contributed by atoms with van der Waals surface area (Å²) < 4.78 is 28.2. The van der Waals surface area contributed by atoms with E-state index >= 15 is 0 Å². The van der Waals surface area contributed by atoms with Crippen LogP contribution in [0.3, 0.4) is 0 Å². The summed E-state index contributed by atoms with van der Waals surface area (Å²) in [6.45, 7) is 3.94. The lowest BCUT2D eigenvalue weighted by atomic mass is 9.93. The standard InChI is InChI=1S/C31H33N3O7S/c1-31(2,18-21-12-13-22-8-4-5-9-23(22)14-21)32-19-27(35)20-33(3)42(40,41)29-11-7-6-10-28(29)24-15-25(30(36)37)17-26(16-24)34(38)39/h4-17,27,32,35H,18-20H2,1-3H3,(H,36,37). The van der Waals surface area contributed by atoms with Gasteiger partial charge in [-0.2, -0.15) is 4.31 Å². The van der Waals surface area contributed by atoms with Gasteiger partial charge in [-0.25, -0.2) is 13.2 Å². The minimum absolute atomic E-state index is 0.0758. The average Bonchev–Trinajstić information content (AvgIpc) is 2.95. The Morgan fingerprint density at radius 1 is 1.00 bits per heavy atom. The molecule has 1 atom stereocenters. The SMILES string of the molecule is CN(CC(O)CNC(C)(C)Cc1ccc2ccccc2c1)S(=O)(=O)c1ccccc1-c1cc(C(=O)O)cc([N+](=O)[O-])c1. The second kappa shape index (κ2) is 12.4. The molecule has 220 valence electrons. The molecule has 0 fully saturated rings. The van der Waals surface area contributed by atoms with Gasteiger partial charge in [-0.1, -0.05) is 60.7 Å². The van der Waals surface area contributed by atoms with Crippen LogP contribution in [-0.4, -0.2) is 65.6 Å². The molecule has 4 aromatic carbocycles. The van der Waals surface area contributed by atoms with E-state index in [-0.39, 0.29) is 34.7 Å². The topological polar surface area (TPSA) is 150 Å². The van der Waals surface area contributed by atoms with Crippen molar-refractivity contribution in [2.24, 2.45) is 0 Å². The fourth-order valence-corrected chi connectivity index (χ4v) is 6.29. The fourth-order valence-electron chi connectivity index (χ4n) is 4.87. The molecular weight excluding hydrogens is 558 g/mol. The summed E-state index contributed by atoms with van der Waals surface area (Å²) in [7, 11) is -2.83. The van der Waals surface area contributed by atoms with E-state index in [1.807, 2.05) is 26.0 Å². The molecule has 0 aliphatic rings. The first kappa shape index (κ1) is 30.8. The van der Waals surface area contributed by atoms with Gasteiger partial charge in [0.05, 0.1) is 21.5 Å². The lowest BCUT2D eigenvalue weighted by molar-refractivity contribution is -0.384. The Bertz CT molecular complexity index is 1710. The number of benzene rings is 4. The number of rotatable bonds is 12. The van der Waals surface area contributed by atoms with Crippen LogP contribution in [0.15, 0.2) is 89.8 Å². The number of aliphatic hydroxyl groups is 1. The number of hydrogen-bond donors (Lipinski definition) is 3. The maximum absolute atomic E-state index is 13.6. The summed E-state index contributed by atoms with van der Waals surface area (Å²) in [6, 6.07) is 23.5. The molecular formula is C31H33N3O7S. The lowest BCUT2D eigenvalue weighted by Gasteiger charge is -2.29. The van der Waals surface area contributed by atoms with Gasteiger partial charge in [-0.05, 0) is 54.3 Å². The fraction of sp³-hybridized carbons (Fsp3) is 0.258. The quantitative estimate of drug-likeness (QED) is 0.158. The Morgan fingerprint density at radius 2 is 1.67 bits per heavy atom. The van der Waals surface area contributed by atoms with E-state index in [0.29, 0.717) is 6.42 Å². The van der Waals surface area contributed by atoms with E-state index in [0.717, 1.165) is 32.8 Å². The third-order valence-corrected chi connectivity index (χ3v) is 8.89. The molecule has 0 heterocycles. The molecule has 0 saturated carbocycles. The first-order chi connectivity index (χ1) is 19.8. The van der Waals surface area contributed by atoms with Gasteiger partial charge in [0.15, 0.2) is 0 Å². The van der Waals surface area contributed by atoms with Crippen molar-refractivity contribution < 1.29 is 28.3 Å². The highest BCUT2D eigenvalue weighted by Crippen LogP contribution is 2.32. The number of non-ortho nitro benzene ring substituents is 1. The highest BCUT2D eigenvalue weighted by molar-refractivity contribution is 7.89. The molecule has 3 N–H and O–H groups in total. The summed E-state index contributed by atoms with van der Waals surface area (Å²) in [5.41, 5.74) is 0.110. The van der Waals surface area contributed by atoms with Gasteiger partial charge >= 0.3 is 5.97 Å². The Hall–Kier alpha value is -4.16. The van der Waals surface area contributed by atoms with Crippen LogP contribution in [-0.2, 0) is 16.4 Å². The van der Waals surface area contributed by atoms with Crippen molar-refractivity contribution in [2.75, 3.05) is 20.1 Å². The van der Waals surface area contributed by atoms with Crippen molar-refractivity contribution in [3.05, 3.63) is 106 Å². The molecule has 0 aromatic heterocycles. The van der Waals surface area contributed by atoms with Crippen molar-refractivity contribution in [2.45, 2.75) is 36.8 Å². The highest BCUT2D eigenvalue weighted by Gasteiger charge is 2.28. The molecule has 0 amide bonds. The van der Waals surface area contributed by atoms with E-state index in [2.05, 4.69) is 35.6 Å².